The molecule has 0 spiro atoms. The van der Waals surface area contributed by atoms with Crippen molar-refractivity contribution in [3.8, 4) is 6.07 Å². The average molecular weight is 357 g/mol. The van der Waals surface area contributed by atoms with E-state index in [9.17, 15) is 9.59 Å². The Morgan fingerprint density at radius 3 is 2.15 bits per heavy atom. The molecule has 1 aromatic rings. The molecular weight excluding hydrogens is 326 g/mol. The van der Waals surface area contributed by atoms with Gasteiger partial charge in [-0.25, -0.2) is 0 Å². The summed E-state index contributed by atoms with van der Waals surface area (Å²) in [6.45, 7) is 10.4. The zero-order chi connectivity index (χ0) is 19.7. The van der Waals surface area contributed by atoms with Crippen molar-refractivity contribution < 1.29 is 9.59 Å². The lowest BCUT2D eigenvalue weighted by atomic mass is 9.86. The largest absolute Gasteiger partial charge is 0.341 e. The Kier molecular flexibility index (Phi) is 8.31. The van der Waals surface area contributed by atoms with Crippen molar-refractivity contribution >= 4 is 11.8 Å². The Morgan fingerprint density at radius 1 is 1.12 bits per heavy atom. The Labute approximate surface area is 157 Å². The van der Waals surface area contributed by atoms with Crippen LogP contribution in [0.4, 0.5) is 0 Å². The molecule has 1 aromatic carbocycles. The smallest absolute Gasteiger partial charge is 0.251 e. The lowest BCUT2D eigenvalue weighted by Gasteiger charge is -2.23. The van der Waals surface area contributed by atoms with Gasteiger partial charge in [0.15, 0.2) is 0 Å². The van der Waals surface area contributed by atoms with Gasteiger partial charge in [-0.2, -0.15) is 5.26 Å². The molecule has 5 heteroatoms. The number of carbonyl (C=O) groups is 2. The predicted molar refractivity (Wildman–Crippen MR) is 104 cm³/mol. The third kappa shape index (κ3) is 6.51. The zero-order valence-corrected chi connectivity index (χ0v) is 16.6. The van der Waals surface area contributed by atoms with E-state index in [0.717, 1.165) is 18.4 Å². The third-order valence-corrected chi connectivity index (χ3v) is 4.70. The molecule has 0 bridgehead atoms. The van der Waals surface area contributed by atoms with Crippen LogP contribution in [0.15, 0.2) is 24.3 Å². The molecule has 26 heavy (non-hydrogen) atoms. The Morgan fingerprint density at radius 2 is 1.69 bits per heavy atom. The quantitative estimate of drug-likeness (QED) is 0.698. The molecule has 0 radical (unpaired) electrons. The van der Waals surface area contributed by atoms with E-state index in [0.29, 0.717) is 17.9 Å². The summed E-state index contributed by atoms with van der Waals surface area (Å²) in [5.41, 5.74) is 1.69. The fraction of sp³-hybridized carbons (Fsp3) is 0.571. The van der Waals surface area contributed by atoms with Gasteiger partial charge in [0.05, 0.1) is 6.07 Å². The summed E-state index contributed by atoms with van der Waals surface area (Å²) >= 11 is 0. The normalized spacial score (nSPS) is 12.3. The molecule has 0 saturated carbocycles. The second kappa shape index (κ2) is 9.96. The van der Waals surface area contributed by atoms with Gasteiger partial charge in [0.2, 0.25) is 5.91 Å². The van der Waals surface area contributed by atoms with E-state index < -0.39 is 6.04 Å². The van der Waals surface area contributed by atoms with Crippen LogP contribution in [-0.2, 0) is 10.2 Å². The number of nitrogens with zero attached hydrogens (tertiary/aromatic N) is 1. The minimum absolute atomic E-state index is 0.0181. The van der Waals surface area contributed by atoms with Gasteiger partial charge in [-0.15, -0.1) is 0 Å². The van der Waals surface area contributed by atoms with Gasteiger partial charge >= 0.3 is 0 Å². The molecule has 2 N–H and O–H groups in total. The molecule has 0 aromatic heterocycles. The number of amides is 2. The van der Waals surface area contributed by atoms with Gasteiger partial charge in [0.1, 0.15) is 12.6 Å². The van der Waals surface area contributed by atoms with Gasteiger partial charge in [-0.05, 0) is 35.4 Å². The van der Waals surface area contributed by atoms with Crippen LogP contribution in [0.3, 0.4) is 0 Å². The Hall–Kier alpha value is -2.35. The highest BCUT2D eigenvalue weighted by atomic mass is 16.2. The van der Waals surface area contributed by atoms with Crippen molar-refractivity contribution in [1.29, 1.82) is 5.26 Å². The number of hydrogen-bond donors (Lipinski definition) is 2. The number of benzene rings is 1. The Balaban J connectivity index is 2.89. The van der Waals surface area contributed by atoms with E-state index in [-0.39, 0.29) is 23.8 Å². The maximum atomic E-state index is 12.6. The maximum absolute atomic E-state index is 12.6. The highest BCUT2D eigenvalue weighted by Crippen LogP contribution is 2.22. The van der Waals surface area contributed by atoms with Crippen LogP contribution in [-0.4, -0.2) is 24.4 Å². The first-order valence-corrected chi connectivity index (χ1v) is 9.28. The van der Waals surface area contributed by atoms with Crippen molar-refractivity contribution in [2.24, 2.45) is 5.92 Å². The average Bonchev–Trinajstić information content (AvgIpc) is 2.62. The monoisotopic (exact) mass is 357 g/mol. The number of carbonyl (C=O) groups excluding carboxylic acids is 2. The van der Waals surface area contributed by atoms with Crippen LogP contribution in [0.1, 0.15) is 69.8 Å². The van der Waals surface area contributed by atoms with E-state index in [2.05, 4.69) is 45.3 Å². The summed E-state index contributed by atoms with van der Waals surface area (Å²) in [6.07, 6.45) is 2.44. The first-order chi connectivity index (χ1) is 12.2. The first-order valence-electron chi connectivity index (χ1n) is 9.28. The fourth-order valence-electron chi connectivity index (χ4n) is 2.80. The zero-order valence-electron chi connectivity index (χ0n) is 16.6. The minimum Gasteiger partial charge on any atom is -0.341 e. The standard InChI is InChI=1S/C21H31N3O2/c1-6-15(7-2)14-18(20(26)23-13-12-22)24-19(25)16-8-10-17(11-9-16)21(3,4)5/h8-11,15,18H,6-7,13-14H2,1-5H3,(H,23,26)(H,24,25). The number of hydrogen-bond acceptors (Lipinski definition) is 3. The van der Waals surface area contributed by atoms with Crippen LogP contribution in [0.2, 0.25) is 0 Å². The lowest BCUT2D eigenvalue weighted by Crippen LogP contribution is -2.47. The number of nitriles is 1. The van der Waals surface area contributed by atoms with E-state index in [4.69, 9.17) is 5.26 Å². The molecule has 5 nitrogen and oxygen atoms in total. The molecular formula is C21H31N3O2. The van der Waals surface area contributed by atoms with Crippen LogP contribution >= 0.6 is 0 Å². The molecule has 0 heterocycles. The summed E-state index contributed by atoms with van der Waals surface area (Å²) in [5, 5.41) is 14.1. The molecule has 0 aliphatic rings. The molecule has 1 unspecified atom stereocenters. The molecule has 0 aliphatic carbocycles. The van der Waals surface area contributed by atoms with Crippen LogP contribution in [0, 0.1) is 17.2 Å². The van der Waals surface area contributed by atoms with Crippen molar-refractivity contribution in [3.05, 3.63) is 35.4 Å². The second-order valence-corrected chi connectivity index (χ2v) is 7.65. The van der Waals surface area contributed by atoms with Gasteiger partial charge in [-0.1, -0.05) is 59.6 Å². The number of nitrogens with one attached hydrogen (secondary N) is 2. The maximum Gasteiger partial charge on any atom is 0.251 e. The van der Waals surface area contributed by atoms with Crippen LogP contribution in [0.25, 0.3) is 0 Å². The third-order valence-electron chi connectivity index (χ3n) is 4.70. The fourth-order valence-corrected chi connectivity index (χ4v) is 2.80. The van der Waals surface area contributed by atoms with Gasteiger partial charge in [-0.3, -0.25) is 9.59 Å². The summed E-state index contributed by atoms with van der Waals surface area (Å²) in [6, 6.07) is 8.73. The molecule has 0 fully saturated rings. The summed E-state index contributed by atoms with van der Waals surface area (Å²) < 4.78 is 0. The summed E-state index contributed by atoms with van der Waals surface area (Å²) in [7, 11) is 0. The first kappa shape index (κ1) is 21.7. The number of rotatable bonds is 8. The van der Waals surface area contributed by atoms with Gasteiger partial charge < -0.3 is 10.6 Å². The highest BCUT2D eigenvalue weighted by Gasteiger charge is 2.24. The van der Waals surface area contributed by atoms with E-state index in [1.54, 1.807) is 12.1 Å². The minimum atomic E-state index is -0.636. The molecule has 0 saturated heterocycles. The van der Waals surface area contributed by atoms with E-state index >= 15 is 0 Å². The Bertz CT molecular complexity index is 635. The summed E-state index contributed by atoms with van der Waals surface area (Å²) in [4.78, 5) is 24.9. The van der Waals surface area contributed by atoms with E-state index in [1.165, 1.54) is 0 Å². The topological polar surface area (TPSA) is 82.0 Å². The second-order valence-electron chi connectivity index (χ2n) is 7.65. The highest BCUT2D eigenvalue weighted by molar-refractivity contribution is 5.97. The molecule has 0 aliphatic heterocycles. The molecule has 2 amide bonds. The van der Waals surface area contributed by atoms with Gasteiger partial charge in [0, 0.05) is 5.56 Å². The lowest BCUT2D eigenvalue weighted by molar-refractivity contribution is -0.123. The van der Waals surface area contributed by atoms with Crippen LogP contribution in [0.5, 0.6) is 0 Å². The van der Waals surface area contributed by atoms with Crippen molar-refractivity contribution in [3.63, 3.8) is 0 Å². The van der Waals surface area contributed by atoms with Crippen molar-refractivity contribution in [2.75, 3.05) is 6.54 Å². The molecule has 1 rings (SSSR count). The van der Waals surface area contributed by atoms with E-state index in [1.807, 2.05) is 18.2 Å². The predicted octanol–water partition coefficient (Wildman–Crippen LogP) is 3.55. The molecule has 1 atom stereocenters. The van der Waals surface area contributed by atoms with Crippen molar-refractivity contribution in [1.82, 2.24) is 10.6 Å². The summed E-state index contributed by atoms with van der Waals surface area (Å²) in [5.74, 6) is -0.233. The SMILES string of the molecule is CCC(CC)CC(NC(=O)c1ccc(C(C)(C)C)cc1)C(=O)NCC#N. The van der Waals surface area contributed by atoms with Crippen LogP contribution < -0.4 is 10.6 Å². The molecule has 142 valence electrons. The van der Waals surface area contributed by atoms with Crippen molar-refractivity contribution in [2.45, 2.75) is 65.3 Å². The van der Waals surface area contributed by atoms with Gasteiger partial charge in [0.25, 0.3) is 5.91 Å².